The molecule has 2 unspecified atom stereocenters. The Morgan fingerprint density at radius 3 is 3.27 bits per heavy atom. The maximum atomic E-state index is 3.49. The van der Waals surface area contributed by atoms with Gasteiger partial charge in [-0.05, 0) is 22.9 Å². The minimum absolute atomic E-state index is 0. The quantitative estimate of drug-likeness (QED) is 0.753. The molecule has 1 aromatic rings. The van der Waals surface area contributed by atoms with Gasteiger partial charge >= 0.3 is 0 Å². The Balaban J connectivity index is 0.000000853. The summed E-state index contributed by atoms with van der Waals surface area (Å²) in [5.41, 5.74) is 1.60. The highest BCUT2D eigenvalue weighted by molar-refractivity contribution is 7.10. The molecule has 3 rings (SSSR count). The normalized spacial score (nSPS) is 30.2. The number of piperazine rings is 1. The molecule has 1 aromatic heterocycles. The van der Waals surface area contributed by atoms with Gasteiger partial charge in [-0.25, -0.2) is 0 Å². The molecule has 0 radical (unpaired) electrons. The fourth-order valence-corrected chi connectivity index (χ4v) is 3.84. The van der Waals surface area contributed by atoms with Crippen molar-refractivity contribution in [2.24, 2.45) is 0 Å². The summed E-state index contributed by atoms with van der Waals surface area (Å²) in [5, 5.41) is 5.74. The van der Waals surface area contributed by atoms with Gasteiger partial charge in [0.25, 0.3) is 0 Å². The average Bonchev–Trinajstić information content (AvgIpc) is 2.67. The van der Waals surface area contributed by atoms with E-state index in [0.717, 1.165) is 19.0 Å². The third-order valence-corrected chi connectivity index (χ3v) is 4.46. The van der Waals surface area contributed by atoms with E-state index in [9.17, 15) is 0 Å². The SMILES string of the molecule is CC1CN2CCNCC2c2sccc21.Cl. The second-order valence-electron chi connectivity index (χ2n) is 4.36. The van der Waals surface area contributed by atoms with E-state index in [2.05, 4.69) is 28.6 Å². The van der Waals surface area contributed by atoms with E-state index in [1.807, 2.05) is 11.3 Å². The number of rotatable bonds is 0. The third-order valence-electron chi connectivity index (χ3n) is 3.42. The van der Waals surface area contributed by atoms with Gasteiger partial charge in [0.15, 0.2) is 0 Å². The minimum atomic E-state index is 0. The third kappa shape index (κ3) is 1.82. The van der Waals surface area contributed by atoms with E-state index in [1.54, 1.807) is 10.4 Å². The summed E-state index contributed by atoms with van der Waals surface area (Å²) in [7, 11) is 0. The van der Waals surface area contributed by atoms with Crippen molar-refractivity contribution >= 4 is 23.7 Å². The highest BCUT2D eigenvalue weighted by Gasteiger charge is 2.33. The van der Waals surface area contributed by atoms with Gasteiger partial charge in [0.05, 0.1) is 6.04 Å². The molecule has 2 aliphatic rings. The van der Waals surface area contributed by atoms with Crippen LogP contribution in [0.2, 0.25) is 0 Å². The highest BCUT2D eigenvalue weighted by atomic mass is 35.5. The summed E-state index contributed by atoms with van der Waals surface area (Å²) >= 11 is 1.93. The van der Waals surface area contributed by atoms with Crippen molar-refractivity contribution in [1.82, 2.24) is 10.2 Å². The van der Waals surface area contributed by atoms with Crippen LogP contribution >= 0.6 is 23.7 Å². The lowest BCUT2D eigenvalue weighted by Crippen LogP contribution is -2.49. The maximum absolute atomic E-state index is 3.49. The Labute approximate surface area is 101 Å². The molecule has 15 heavy (non-hydrogen) atoms. The molecular weight excluding hydrogens is 228 g/mol. The Hall–Kier alpha value is -0.0900. The van der Waals surface area contributed by atoms with E-state index in [-0.39, 0.29) is 12.4 Å². The maximum Gasteiger partial charge on any atom is 0.0570 e. The molecule has 1 N–H and O–H groups in total. The predicted octanol–water partition coefficient (Wildman–Crippen LogP) is 2.23. The van der Waals surface area contributed by atoms with Crippen LogP contribution in [0.1, 0.15) is 29.3 Å². The highest BCUT2D eigenvalue weighted by Crippen LogP contribution is 2.39. The molecule has 0 bridgehead atoms. The van der Waals surface area contributed by atoms with Crippen molar-refractivity contribution in [2.45, 2.75) is 18.9 Å². The molecule has 0 amide bonds. The van der Waals surface area contributed by atoms with Gasteiger partial charge in [0.1, 0.15) is 0 Å². The van der Waals surface area contributed by atoms with Crippen molar-refractivity contribution in [3.8, 4) is 0 Å². The summed E-state index contributed by atoms with van der Waals surface area (Å²) in [6.45, 7) is 7.11. The van der Waals surface area contributed by atoms with Crippen LogP contribution in [0.25, 0.3) is 0 Å². The average molecular weight is 245 g/mol. The van der Waals surface area contributed by atoms with Crippen molar-refractivity contribution in [3.05, 3.63) is 21.9 Å². The Morgan fingerprint density at radius 1 is 1.53 bits per heavy atom. The topological polar surface area (TPSA) is 15.3 Å². The molecule has 2 nitrogen and oxygen atoms in total. The summed E-state index contributed by atoms with van der Waals surface area (Å²) in [6.07, 6.45) is 0. The number of halogens is 1. The van der Waals surface area contributed by atoms with E-state index in [4.69, 9.17) is 0 Å². The summed E-state index contributed by atoms with van der Waals surface area (Å²) in [5.74, 6) is 0.727. The van der Waals surface area contributed by atoms with E-state index >= 15 is 0 Å². The molecule has 2 atom stereocenters. The zero-order chi connectivity index (χ0) is 9.54. The van der Waals surface area contributed by atoms with Crippen LogP contribution < -0.4 is 5.32 Å². The lowest BCUT2D eigenvalue weighted by Gasteiger charge is -2.41. The van der Waals surface area contributed by atoms with Gasteiger partial charge in [0, 0.05) is 31.1 Å². The molecule has 3 heterocycles. The van der Waals surface area contributed by atoms with Crippen LogP contribution in [0, 0.1) is 0 Å². The smallest absolute Gasteiger partial charge is 0.0570 e. The molecule has 0 aliphatic carbocycles. The zero-order valence-corrected chi connectivity index (χ0v) is 10.5. The number of nitrogens with one attached hydrogen (secondary N) is 1. The van der Waals surface area contributed by atoms with Crippen molar-refractivity contribution < 1.29 is 0 Å². The molecule has 4 heteroatoms. The Morgan fingerprint density at radius 2 is 2.40 bits per heavy atom. The first-order chi connectivity index (χ1) is 6.86. The van der Waals surface area contributed by atoms with Crippen molar-refractivity contribution in [2.75, 3.05) is 26.2 Å². The van der Waals surface area contributed by atoms with Crippen LogP contribution in [0.4, 0.5) is 0 Å². The van der Waals surface area contributed by atoms with Crippen LogP contribution in [0.3, 0.4) is 0 Å². The van der Waals surface area contributed by atoms with Crippen LogP contribution in [-0.4, -0.2) is 31.1 Å². The first kappa shape index (κ1) is 11.4. The van der Waals surface area contributed by atoms with Crippen molar-refractivity contribution in [3.63, 3.8) is 0 Å². The second kappa shape index (κ2) is 4.42. The predicted molar refractivity (Wildman–Crippen MR) is 67.2 cm³/mol. The van der Waals surface area contributed by atoms with Crippen LogP contribution in [0.15, 0.2) is 11.4 Å². The first-order valence-corrected chi connectivity index (χ1v) is 6.26. The number of fused-ring (bicyclic) bond motifs is 3. The van der Waals surface area contributed by atoms with Crippen LogP contribution in [0.5, 0.6) is 0 Å². The van der Waals surface area contributed by atoms with E-state index in [1.165, 1.54) is 13.1 Å². The lowest BCUT2D eigenvalue weighted by molar-refractivity contribution is 0.143. The summed E-state index contributed by atoms with van der Waals surface area (Å²) in [6, 6.07) is 2.98. The Bertz CT molecular complexity index is 339. The molecular formula is C11H17ClN2S. The standard InChI is InChI=1S/C11H16N2S.ClH/c1-8-7-13-4-3-12-6-10(13)11-9(8)2-5-14-11;/h2,5,8,10,12H,3-4,6-7H2,1H3;1H. The first-order valence-electron chi connectivity index (χ1n) is 5.38. The Kier molecular flexibility index (Phi) is 3.36. The number of hydrogen-bond donors (Lipinski definition) is 1. The van der Waals surface area contributed by atoms with Gasteiger partial charge in [-0.1, -0.05) is 6.92 Å². The largest absolute Gasteiger partial charge is 0.314 e. The molecule has 0 spiro atoms. The van der Waals surface area contributed by atoms with E-state index in [0.29, 0.717) is 6.04 Å². The minimum Gasteiger partial charge on any atom is -0.314 e. The number of hydrogen-bond acceptors (Lipinski definition) is 3. The zero-order valence-electron chi connectivity index (χ0n) is 8.90. The number of nitrogens with zero attached hydrogens (tertiary/aromatic N) is 1. The molecule has 1 saturated heterocycles. The molecule has 84 valence electrons. The van der Waals surface area contributed by atoms with Gasteiger partial charge < -0.3 is 5.32 Å². The van der Waals surface area contributed by atoms with Gasteiger partial charge in [-0.15, -0.1) is 23.7 Å². The molecule has 2 aliphatic heterocycles. The lowest BCUT2D eigenvalue weighted by atomic mass is 9.92. The van der Waals surface area contributed by atoms with Gasteiger partial charge in [-0.3, -0.25) is 4.90 Å². The molecule has 0 saturated carbocycles. The van der Waals surface area contributed by atoms with Gasteiger partial charge in [0.2, 0.25) is 0 Å². The summed E-state index contributed by atoms with van der Waals surface area (Å²) < 4.78 is 0. The fraction of sp³-hybridized carbons (Fsp3) is 0.636. The monoisotopic (exact) mass is 244 g/mol. The molecule has 0 aromatic carbocycles. The summed E-state index contributed by atoms with van der Waals surface area (Å²) in [4.78, 5) is 4.25. The van der Waals surface area contributed by atoms with Crippen LogP contribution in [-0.2, 0) is 0 Å². The van der Waals surface area contributed by atoms with Gasteiger partial charge in [-0.2, -0.15) is 0 Å². The van der Waals surface area contributed by atoms with Crippen molar-refractivity contribution in [1.29, 1.82) is 0 Å². The number of thiophene rings is 1. The second-order valence-corrected chi connectivity index (χ2v) is 5.30. The van der Waals surface area contributed by atoms with E-state index < -0.39 is 0 Å². The fourth-order valence-electron chi connectivity index (χ4n) is 2.68. The molecule has 1 fully saturated rings.